The average Bonchev–Trinajstić information content (AvgIpc) is 2.16. The first-order valence-corrected chi connectivity index (χ1v) is 6.00. The molecule has 82 valence electrons. The molecule has 15 heavy (non-hydrogen) atoms. The molecular formula is C14H19Br. The number of hydrogen-bond donors (Lipinski definition) is 0. The highest BCUT2D eigenvalue weighted by atomic mass is 79.9. The largest absolute Gasteiger partial charge is 0.0985 e. The smallest absolute Gasteiger partial charge is 0.0292 e. The third kappa shape index (κ3) is 2.52. The molecule has 0 nitrogen and oxygen atoms in total. The third-order valence-corrected chi connectivity index (χ3v) is 4.35. The minimum atomic E-state index is 0.0791. The highest BCUT2D eigenvalue weighted by Gasteiger charge is 2.35. The van der Waals surface area contributed by atoms with Crippen LogP contribution in [0.15, 0.2) is 30.8 Å². The Morgan fingerprint density at radius 2 is 1.53 bits per heavy atom. The fraction of sp³-hybridized carbons (Fsp3) is 0.429. The lowest BCUT2D eigenvalue weighted by atomic mass is 9.75. The second-order valence-corrected chi connectivity index (χ2v) is 6.91. The average molecular weight is 267 g/mol. The predicted octanol–water partition coefficient (Wildman–Crippen LogP) is 4.78. The number of benzene rings is 1. The maximum absolute atomic E-state index is 3.76. The van der Waals surface area contributed by atoms with Crippen LogP contribution < -0.4 is 0 Å². The van der Waals surface area contributed by atoms with Gasteiger partial charge in [-0.15, -0.1) is 0 Å². The van der Waals surface area contributed by atoms with Crippen molar-refractivity contribution in [2.75, 3.05) is 0 Å². The fourth-order valence-corrected chi connectivity index (χ4v) is 1.61. The summed E-state index contributed by atoms with van der Waals surface area (Å²) in [6.07, 6.45) is 1.87. The SMILES string of the molecule is C=Cc1ccc(C(C)(C)C(C)(C)Br)cc1. The number of hydrogen-bond acceptors (Lipinski definition) is 0. The molecular weight excluding hydrogens is 248 g/mol. The highest BCUT2D eigenvalue weighted by molar-refractivity contribution is 9.10. The van der Waals surface area contributed by atoms with Crippen molar-refractivity contribution in [3.63, 3.8) is 0 Å². The first kappa shape index (κ1) is 12.5. The number of rotatable bonds is 3. The van der Waals surface area contributed by atoms with Crippen molar-refractivity contribution >= 4 is 22.0 Å². The number of halogens is 1. The molecule has 1 rings (SSSR count). The summed E-state index contributed by atoms with van der Waals surface area (Å²) >= 11 is 3.75. The molecule has 0 bridgehead atoms. The molecule has 0 aliphatic heterocycles. The van der Waals surface area contributed by atoms with Crippen LogP contribution in [0.5, 0.6) is 0 Å². The van der Waals surface area contributed by atoms with Crippen LogP contribution in [0.25, 0.3) is 6.08 Å². The molecule has 0 spiro atoms. The minimum Gasteiger partial charge on any atom is -0.0985 e. The zero-order chi connectivity index (χ0) is 11.7. The molecule has 0 fully saturated rings. The molecule has 1 aromatic rings. The third-order valence-electron chi connectivity index (χ3n) is 3.35. The summed E-state index contributed by atoms with van der Waals surface area (Å²) < 4.78 is 0.0791. The molecule has 0 saturated carbocycles. The van der Waals surface area contributed by atoms with Gasteiger partial charge in [0.25, 0.3) is 0 Å². The van der Waals surface area contributed by atoms with Gasteiger partial charge < -0.3 is 0 Å². The van der Waals surface area contributed by atoms with E-state index in [1.165, 1.54) is 11.1 Å². The van der Waals surface area contributed by atoms with Crippen molar-refractivity contribution in [3.05, 3.63) is 42.0 Å². The normalized spacial score (nSPS) is 12.6. The van der Waals surface area contributed by atoms with Gasteiger partial charge in [-0.3, -0.25) is 0 Å². The molecule has 0 heterocycles. The summed E-state index contributed by atoms with van der Waals surface area (Å²) in [6, 6.07) is 8.59. The second kappa shape index (κ2) is 4.13. The Morgan fingerprint density at radius 1 is 1.07 bits per heavy atom. The van der Waals surface area contributed by atoms with Gasteiger partial charge in [-0.1, -0.05) is 66.7 Å². The lowest BCUT2D eigenvalue weighted by Crippen LogP contribution is -2.37. The molecule has 0 radical (unpaired) electrons. The van der Waals surface area contributed by atoms with E-state index in [2.05, 4.69) is 74.5 Å². The zero-order valence-electron chi connectivity index (χ0n) is 9.97. The van der Waals surface area contributed by atoms with Crippen molar-refractivity contribution in [1.82, 2.24) is 0 Å². The maximum atomic E-state index is 3.76. The first-order chi connectivity index (χ1) is 6.79. The van der Waals surface area contributed by atoms with E-state index >= 15 is 0 Å². The standard InChI is InChI=1S/C14H19Br/c1-6-11-7-9-12(10-8-11)13(2,3)14(4,5)15/h6-10H,1H2,2-5H3. The Labute approximate surface area is 102 Å². The molecule has 0 aliphatic rings. The van der Waals surface area contributed by atoms with Gasteiger partial charge in [-0.25, -0.2) is 0 Å². The second-order valence-electron chi connectivity index (χ2n) is 4.92. The van der Waals surface area contributed by atoms with Crippen molar-refractivity contribution < 1.29 is 0 Å². The molecule has 0 unspecified atom stereocenters. The Kier molecular flexibility index (Phi) is 3.44. The maximum Gasteiger partial charge on any atom is 0.0292 e. The monoisotopic (exact) mass is 266 g/mol. The van der Waals surface area contributed by atoms with E-state index in [0.29, 0.717) is 0 Å². The quantitative estimate of drug-likeness (QED) is 0.691. The van der Waals surface area contributed by atoms with Gasteiger partial charge >= 0.3 is 0 Å². The summed E-state index contributed by atoms with van der Waals surface area (Å²) in [6.45, 7) is 12.7. The van der Waals surface area contributed by atoms with Gasteiger partial charge in [0.15, 0.2) is 0 Å². The van der Waals surface area contributed by atoms with Crippen LogP contribution in [0.3, 0.4) is 0 Å². The van der Waals surface area contributed by atoms with Crippen LogP contribution in [-0.2, 0) is 5.41 Å². The van der Waals surface area contributed by atoms with Crippen LogP contribution in [0.4, 0.5) is 0 Å². The van der Waals surface area contributed by atoms with Crippen LogP contribution >= 0.6 is 15.9 Å². The Hall–Kier alpha value is -0.560. The van der Waals surface area contributed by atoms with Gasteiger partial charge in [0, 0.05) is 9.74 Å². The Balaban J connectivity index is 3.11. The van der Waals surface area contributed by atoms with Crippen LogP contribution in [0.1, 0.15) is 38.8 Å². The van der Waals surface area contributed by atoms with Gasteiger partial charge in [0.1, 0.15) is 0 Å². The van der Waals surface area contributed by atoms with E-state index in [9.17, 15) is 0 Å². The number of alkyl halides is 1. The van der Waals surface area contributed by atoms with E-state index in [0.717, 1.165) is 0 Å². The van der Waals surface area contributed by atoms with E-state index in [-0.39, 0.29) is 9.74 Å². The lowest BCUT2D eigenvalue weighted by molar-refractivity contribution is 0.421. The van der Waals surface area contributed by atoms with Crippen molar-refractivity contribution in [2.24, 2.45) is 0 Å². The van der Waals surface area contributed by atoms with Crippen molar-refractivity contribution in [3.8, 4) is 0 Å². The zero-order valence-corrected chi connectivity index (χ0v) is 11.6. The van der Waals surface area contributed by atoms with E-state index in [1.807, 2.05) is 6.08 Å². The molecule has 0 amide bonds. The minimum absolute atomic E-state index is 0.0791. The summed E-state index contributed by atoms with van der Waals surface area (Å²) in [5, 5.41) is 0. The van der Waals surface area contributed by atoms with Crippen LogP contribution in [0, 0.1) is 0 Å². The molecule has 0 aliphatic carbocycles. The summed E-state index contributed by atoms with van der Waals surface area (Å²) in [5.41, 5.74) is 2.61. The summed E-state index contributed by atoms with van der Waals surface area (Å²) in [5.74, 6) is 0. The van der Waals surface area contributed by atoms with Gasteiger partial charge in [0.05, 0.1) is 0 Å². The molecule has 0 aromatic heterocycles. The van der Waals surface area contributed by atoms with Crippen LogP contribution in [0.2, 0.25) is 0 Å². The lowest BCUT2D eigenvalue weighted by Gasteiger charge is -2.37. The Bertz CT molecular complexity index is 339. The van der Waals surface area contributed by atoms with Crippen LogP contribution in [-0.4, -0.2) is 4.32 Å². The van der Waals surface area contributed by atoms with Crippen molar-refractivity contribution in [2.45, 2.75) is 37.4 Å². The van der Waals surface area contributed by atoms with E-state index in [4.69, 9.17) is 0 Å². The molecule has 0 N–H and O–H groups in total. The van der Waals surface area contributed by atoms with E-state index in [1.54, 1.807) is 0 Å². The molecule has 0 atom stereocenters. The van der Waals surface area contributed by atoms with E-state index < -0.39 is 0 Å². The Morgan fingerprint density at radius 3 is 1.87 bits per heavy atom. The predicted molar refractivity (Wildman–Crippen MR) is 72.6 cm³/mol. The molecule has 1 heteroatoms. The van der Waals surface area contributed by atoms with Gasteiger partial charge in [-0.05, 0) is 25.0 Å². The van der Waals surface area contributed by atoms with Gasteiger partial charge in [-0.2, -0.15) is 0 Å². The molecule has 0 saturated heterocycles. The van der Waals surface area contributed by atoms with Gasteiger partial charge in [0.2, 0.25) is 0 Å². The summed E-state index contributed by atoms with van der Waals surface area (Å²) in [7, 11) is 0. The van der Waals surface area contributed by atoms with Crippen molar-refractivity contribution in [1.29, 1.82) is 0 Å². The molecule has 1 aromatic carbocycles. The highest BCUT2D eigenvalue weighted by Crippen LogP contribution is 2.40. The topological polar surface area (TPSA) is 0 Å². The fourth-order valence-electron chi connectivity index (χ4n) is 1.38. The first-order valence-electron chi connectivity index (χ1n) is 5.21. The summed E-state index contributed by atoms with van der Waals surface area (Å²) in [4.78, 5) is 0.